The van der Waals surface area contributed by atoms with Crippen LogP contribution in [0.15, 0.2) is 54.1 Å². The van der Waals surface area contributed by atoms with E-state index in [1.165, 1.54) is 0 Å². The Morgan fingerprint density at radius 2 is 2.24 bits per heavy atom. The lowest BCUT2D eigenvalue weighted by atomic mass is 10.0. The quantitative estimate of drug-likeness (QED) is 0.556. The summed E-state index contributed by atoms with van der Waals surface area (Å²) < 4.78 is 11.5. The molecule has 0 unspecified atom stereocenters. The third-order valence-corrected chi connectivity index (χ3v) is 5.65. The third-order valence-electron chi connectivity index (χ3n) is 4.59. The molecule has 0 bridgehead atoms. The van der Waals surface area contributed by atoms with Gasteiger partial charge in [0, 0.05) is 34.8 Å². The van der Waals surface area contributed by atoms with Gasteiger partial charge < -0.3 is 14.4 Å². The molecule has 0 saturated carbocycles. The van der Waals surface area contributed by atoms with Crippen LogP contribution in [0.25, 0.3) is 17.3 Å². The number of pyridine rings is 1. The van der Waals surface area contributed by atoms with Crippen molar-refractivity contribution in [3.8, 4) is 22.8 Å². The largest absolute Gasteiger partial charge is 0.493 e. The van der Waals surface area contributed by atoms with Crippen molar-refractivity contribution in [1.29, 1.82) is 0 Å². The number of nitrogens with zero attached hydrogens (tertiary/aromatic N) is 2. The molecule has 0 spiro atoms. The molecule has 1 aliphatic heterocycles. The number of amides is 1. The van der Waals surface area contributed by atoms with Gasteiger partial charge in [-0.15, -0.1) is 11.3 Å². The Balaban J connectivity index is 1.64. The highest BCUT2D eigenvalue weighted by molar-refractivity contribution is 7.10. The highest BCUT2D eigenvalue weighted by Crippen LogP contribution is 2.38. The lowest BCUT2D eigenvalue weighted by molar-refractivity contribution is -0.126. The van der Waals surface area contributed by atoms with Crippen molar-refractivity contribution in [3.63, 3.8) is 0 Å². The average Bonchev–Trinajstić information content (AvgIpc) is 3.16. The first-order chi connectivity index (χ1) is 14.1. The number of carbonyl (C=O) groups excluding carboxylic acids is 1. The number of ether oxygens (including phenoxy) is 2. The lowest BCUT2D eigenvalue weighted by Crippen LogP contribution is -2.30. The number of rotatable bonds is 4. The van der Waals surface area contributed by atoms with Gasteiger partial charge in [-0.05, 0) is 41.8 Å². The number of carbonyl (C=O) groups is 1. The van der Waals surface area contributed by atoms with E-state index in [1.807, 2.05) is 41.8 Å². The van der Waals surface area contributed by atoms with Gasteiger partial charge in [0.15, 0.2) is 11.5 Å². The van der Waals surface area contributed by atoms with Crippen molar-refractivity contribution >= 4 is 34.9 Å². The fourth-order valence-corrected chi connectivity index (χ4v) is 3.89. The van der Waals surface area contributed by atoms with E-state index in [-0.39, 0.29) is 5.91 Å². The lowest BCUT2D eigenvalue weighted by Gasteiger charge is -2.18. The number of halogens is 1. The van der Waals surface area contributed by atoms with Crippen LogP contribution in [0.2, 0.25) is 5.02 Å². The maximum Gasteiger partial charge on any atom is 0.247 e. The van der Waals surface area contributed by atoms with E-state index in [9.17, 15) is 4.79 Å². The molecular weight excluding hydrogens is 408 g/mol. The van der Waals surface area contributed by atoms with Crippen molar-refractivity contribution in [1.82, 2.24) is 9.88 Å². The van der Waals surface area contributed by atoms with Crippen molar-refractivity contribution in [3.05, 3.63) is 69.5 Å². The van der Waals surface area contributed by atoms with Crippen LogP contribution in [-0.4, -0.2) is 36.1 Å². The van der Waals surface area contributed by atoms with E-state index in [1.54, 1.807) is 41.7 Å². The number of fused-ring (bicyclic) bond motifs is 1. The molecular formula is C22H19ClN2O3S. The second-order valence-electron chi connectivity index (χ2n) is 6.49. The Bertz CT molecular complexity index is 1030. The maximum absolute atomic E-state index is 12.7. The number of methoxy groups -OCH3 is 1. The van der Waals surface area contributed by atoms with Crippen molar-refractivity contribution < 1.29 is 14.3 Å². The summed E-state index contributed by atoms with van der Waals surface area (Å²) in [5.41, 5.74) is 2.53. The molecule has 29 heavy (non-hydrogen) atoms. The predicted octanol–water partition coefficient (Wildman–Crippen LogP) is 4.91. The molecule has 0 radical (unpaired) electrons. The number of hydrogen-bond donors (Lipinski definition) is 0. The molecule has 2 aromatic heterocycles. The minimum Gasteiger partial charge on any atom is -0.493 e. The molecule has 3 heterocycles. The van der Waals surface area contributed by atoms with Gasteiger partial charge in [-0.3, -0.25) is 9.78 Å². The molecule has 0 N–H and O–H groups in total. The van der Waals surface area contributed by atoms with Gasteiger partial charge in [-0.2, -0.15) is 0 Å². The topological polar surface area (TPSA) is 51.7 Å². The summed E-state index contributed by atoms with van der Waals surface area (Å²) >= 11 is 7.55. The van der Waals surface area contributed by atoms with Gasteiger partial charge in [-0.25, -0.2) is 0 Å². The normalized spacial score (nSPS) is 13.7. The van der Waals surface area contributed by atoms with E-state index < -0.39 is 0 Å². The van der Waals surface area contributed by atoms with Crippen LogP contribution >= 0.6 is 22.9 Å². The van der Waals surface area contributed by atoms with Crippen LogP contribution in [0.5, 0.6) is 11.5 Å². The van der Waals surface area contributed by atoms with Crippen molar-refractivity contribution in [2.75, 3.05) is 20.3 Å². The third kappa shape index (κ3) is 4.44. The Labute approximate surface area is 178 Å². The molecule has 1 amide bonds. The highest BCUT2D eigenvalue weighted by Gasteiger charge is 2.22. The van der Waals surface area contributed by atoms with Crippen molar-refractivity contribution in [2.45, 2.75) is 6.54 Å². The Hall–Kier alpha value is -2.83. The van der Waals surface area contributed by atoms with Crippen LogP contribution < -0.4 is 9.47 Å². The van der Waals surface area contributed by atoms with E-state index in [4.69, 9.17) is 21.1 Å². The van der Waals surface area contributed by atoms with Crippen LogP contribution in [-0.2, 0) is 11.3 Å². The van der Waals surface area contributed by atoms with E-state index in [0.29, 0.717) is 36.2 Å². The zero-order valence-corrected chi connectivity index (χ0v) is 17.4. The maximum atomic E-state index is 12.7. The van der Waals surface area contributed by atoms with Crippen LogP contribution in [0.3, 0.4) is 0 Å². The van der Waals surface area contributed by atoms with Gasteiger partial charge in [-0.1, -0.05) is 17.7 Å². The van der Waals surface area contributed by atoms with E-state index in [0.717, 1.165) is 21.7 Å². The van der Waals surface area contributed by atoms with Gasteiger partial charge in [0.2, 0.25) is 5.91 Å². The fourth-order valence-electron chi connectivity index (χ4n) is 3.16. The molecule has 0 aliphatic carbocycles. The average molecular weight is 427 g/mol. The highest BCUT2D eigenvalue weighted by atomic mass is 35.5. The summed E-state index contributed by atoms with van der Waals surface area (Å²) in [6.45, 7) is 1.33. The summed E-state index contributed by atoms with van der Waals surface area (Å²) in [7, 11) is 1.61. The SMILES string of the molecule is COc1cc(-c2ccc(Cl)cn2)cc2c1OCCN(C(=O)C=Cc1cccs1)C2. The second kappa shape index (κ2) is 8.68. The molecule has 1 aromatic carbocycles. The number of thiophene rings is 1. The molecule has 0 saturated heterocycles. The summed E-state index contributed by atoms with van der Waals surface area (Å²) in [5, 5.41) is 2.56. The second-order valence-corrected chi connectivity index (χ2v) is 7.90. The molecule has 3 aromatic rings. The first kappa shape index (κ1) is 19.5. The van der Waals surface area contributed by atoms with Crippen molar-refractivity contribution in [2.24, 2.45) is 0 Å². The van der Waals surface area contributed by atoms with E-state index >= 15 is 0 Å². The summed E-state index contributed by atoms with van der Waals surface area (Å²) in [4.78, 5) is 19.9. The van der Waals surface area contributed by atoms with Gasteiger partial charge in [0.1, 0.15) is 6.61 Å². The fraction of sp³-hybridized carbons (Fsp3) is 0.182. The first-order valence-electron chi connectivity index (χ1n) is 9.10. The monoisotopic (exact) mass is 426 g/mol. The summed E-state index contributed by atoms with van der Waals surface area (Å²) in [6.07, 6.45) is 5.06. The van der Waals surface area contributed by atoms with Gasteiger partial charge in [0.05, 0.1) is 24.4 Å². The molecule has 5 nitrogen and oxygen atoms in total. The van der Waals surface area contributed by atoms with E-state index in [2.05, 4.69) is 4.98 Å². The minimum absolute atomic E-state index is 0.0520. The number of aromatic nitrogens is 1. The summed E-state index contributed by atoms with van der Waals surface area (Å²) in [5.74, 6) is 1.24. The molecule has 0 fully saturated rings. The minimum atomic E-state index is -0.0520. The smallest absolute Gasteiger partial charge is 0.247 e. The number of hydrogen-bond acceptors (Lipinski definition) is 5. The Morgan fingerprint density at radius 1 is 1.34 bits per heavy atom. The van der Waals surface area contributed by atoms with Gasteiger partial charge in [0.25, 0.3) is 0 Å². The summed E-state index contributed by atoms with van der Waals surface area (Å²) in [6, 6.07) is 11.5. The molecule has 1 aliphatic rings. The Morgan fingerprint density at radius 3 is 2.97 bits per heavy atom. The predicted molar refractivity (Wildman–Crippen MR) is 116 cm³/mol. The molecule has 0 atom stereocenters. The first-order valence-corrected chi connectivity index (χ1v) is 10.4. The van der Waals surface area contributed by atoms with Gasteiger partial charge >= 0.3 is 0 Å². The van der Waals surface area contributed by atoms with Crippen LogP contribution in [0, 0.1) is 0 Å². The Kier molecular flexibility index (Phi) is 5.83. The molecule has 7 heteroatoms. The standard InChI is InChI=1S/C22H19ClN2O3S/c1-27-20-12-15(19-6-4-17(23)13-24-19)11-16-14-25(8-9-28-22(16)20)21(26)7-5-18-3-2-10-29-18/h2-7,10-13H,8-9,14H2,1H3. The zero-order chi connectivity index (χ0) is 20.2. The van der Waals surface area contributed by atoms with Crippen LogP contribution in [0.4, 0.5) is 0 Å². The zero-order valence-electron chi connectivity index (χ0n) is 15.8. The van der Waals surface area contributed by atoms with Crippen LogP contribution in [0.1, 0.15) is 10.4 Å². The number of benzene rings is 1. The molecule has 4 rings (SSSR count). The molecule has 148 valence electrons.